The highest BCUT2D eigenvalue weighted by Crippen LogP contribution is 2.33. The first-order chi connectivity index (χ1) is 6.05. The highest BCUT2D eigenvalue weighted by Gasteiger charge is 2.41. The van der Waals surface area contributed by atoms with E-state index in [9.17, 15) is 13.2 Å². The molecular formula is C9H12F3N. The van der Waals surface area contributed by atoms with Gasteiger partial charge in [-0.3, -0.25) is 4.99 Å². The van der Waals surface area contributed by atoms with Gasteiger partial charge in [-0.1, -0.05) is 13.0 Å². The van der Waals surface area contributed by atoms with Gasteiger partial charge in [0.1, 0.15) is 0 Å². The molecular weight excluding hydrogens is 179 g/mol. The number of alkyl halides is 3. The van der Waals surface area contributed by atoms with Crippen molar-refractivity contribution in [2.24, 2.45) is 10.9 Å². The monoisotopic (exact) mass is 191 g/mol. The van der Waals surface area contributed by atoms with Crippen LogP contribution in [0.25, 0.3) is 0 Å². The molecule has 0 spiro atoms. The maximum Gasteiger partial charge on any atom is 0.396 e. The van der Waals surface area contributed by atoms with Crippen LogP contribution < -0.4 is 0 Å². The number of hydrogen-bond donors (Lipinski definition) is 0. The number of allylic oxidation sites excluding steroid dienone is 1. The SMILES string of the molecule is CCC1=NC=CCCC1C(F)(F)F. The van der Waals surface area contributed by atoms with Crippen LogP contribution in [0.1, 0.15) is 26.2 Å². The fourth-order valence-corrected chi connectivity index (χ4v) is 1.43. The molecule has 1 atom stereocenters. The summed E-state index contributed by atoms with van der Waals surface area (Å²) in [5.74, 6) is -1.34. The van der Waals surface area contributed by atoms with Crippen molar-refractivity contribution in [3.63, 3.8) is 0 Å². The van der Waals surface area contributed by atoms with E-state index in [4.69, 9.17) is 0 Å². The zero-order valence-corrected chi connectivity index (χ0v) is 7.43. The minimum atomic E-state index is -4.14. The molecule has 1 nitrogen and oxygen atoms in total. The summed E-state index contributed by atoms with van der Waals surface area (Å²) in [5, 5.41) is 0. The van der Waals surface area contributed by atoms with Crippen LogP contribution in [0.5, 0.6) is 0 Å². The Morgan fingerprint density at radius 2 is 2.23 bits per heavy atom. The van der Waals surface area contributed by atoms with Crippen LogP contribution in [0, 0.1) is 5.92 Å². The first-order valence-corrected chi connectivity index (χ1v) is 4.34. The van der Waals surface area contributed by atoms with Gasteiger partial charge in [-0.2, -0.15) is 13.2 Å². The van der Waals surface area contributed by atoms with Crippen LogP contribution in [-0.4, -0.2) is 11.9 Å². The molecule has 4 heteroatoms. The van der Waals surface area contributed by atoms with E-state index < -0.39 is 12.1 Å². The zero-order chi connectivity index (χ0) is 9.90. The van der Waals surface area contributed by atoms with Crippen LogP contribution in [0.4, 0.5) is 13.2 Å². The number of halogens is 3. The number of rotatable bonds is 1. The first-order valence-electron chi connectivity index (χ1n) is 4.34. The summed E-state index contributed by atoms with van der Waals surface area (Å²) in [6.45, 7) is 1.71. The van der Waals surface area contributed by atoms with Crippen LogP contribution in [0.2, 0.25) is 0 Å². The van der Waals surface area contributed by atoms with Crippen LogP contribution in [0.3, 0.4) is 0 Å². The molecule has 1 rings (SSSR count). The zero-order valence-electron chi connectivity index (χ0n) is 7.43. The van der Waals surface area contributed by atoms with Crippen molar-refractivity contribution < 1.29 is 13.2 Å². The van der Waals surface area contributed by atoms with Crippen molar-refractivity contribution >= 4 is 5.71 Å². The predicted octanol–water partition coefficient (Wildman–Crippen LogP) is 3.32. The van der Waals surface area contributed by atoms with E-state index in [1.54, 1.807) is 13.0 Å². The Hall–Kier alpha value is -0.800. The maximum absolute atomic E-state index is 12.5. The lowest BCUT2D eigenvalue weighted by atomic mass is 9.96. The lowest BCUT2D eigenvalue weighted by Crippen LogP contribution is -2.29. The van der Waals surface area contributed by atoms with Crippen LogP contribution in [-0.2, 0) is 0 Å². The molecule has 0 N–H and O–H groups in total. The highest BCUT2D eigenvalue weighted by atomic mass is 19.4. The van der Waals surface area contributed by atoms with Gasteiger partial charge in [0.15, 0.2) is 0 Å². The van der Waals surface area contributed by atoms with Gasteiger partial charge in [-0.15, -0.1) is 0 Å². The Balaban J connectivity index is 2.83. The molecule has 13 heavy (non-hydrogen) atoms. The van der Waals surface area contributed by atoms with Gasteiger partial charge in [-0.05, 0) is 19.3 Å². The maximum atomic E-state index is 12.5. The van der Waals surface area contributed by atoms with Gasteiger partial charge in [0, 0.05) is 11.9 Å². The van der Waals surface area contributed by atoms with Crippen molar-refractivity contribution in [3.05, 3.63) is 12.3 Å². The van der Waals surface area contributed by atoms with Gasteiger partial charge in [0.2, 0.25) is 0 Å². The molecule has 0 aromatic carbocycles. The normalized spacial score (nSPS) is 24.0. The minimum absolute atomic E-state index is 0.132. The second-order valence-electron chi connectivity index (χ2n) is 3.03. The second-order valence-corrected chi connectivity index (χ2v) is 3.03. The molecule has 0 aromatic rings. The van der Waals surface area contributed by atoms with Gasteiger partial charge >= 0.3 is 6.18 Å². The van der Waals surface area contributed by atoms with Gasteiger partial charge in [-0.25, -0.2) is 0 Å². The largest absolute Gasteiger partial charge is 0.396 e. The third-order valence-electron chi connectivity index (χ3n) is 2.13. The molecule has 0 fully saturated rings. The third kappa shape index (κ3) is 2.57. The topological polar surface area (TPSA) is 12.4 Å². The van der Waals surface area contributed by atoms with Gasteiger partial charge in [0.25, 0.3) is 0 Å². The lowest BCUT2D eigenvalue weighted by Gasteiger charge is -2.19. The fourth-order valence-electron chi connectivity index (χ4n) is 1.43. The van der Waals surface area contributed by atoms with E-state index in [-0.39, 0.29) is 12.1 Å². The predicted molar refractivity (Wildman–Crippen MR) is 45.6 cm³/mol. The smallest absolute Gasteiger partial charge is 0.265 e. The summed E-state index contributed by atoms with van der Waals surface area (Å²) in [6, 6.07) is 0. The molecule has 0 aliphatic carbocycles. The molecule has 0 aromatic heterocycles. The van der Waals surface area contributed by atoms with Crippen molar-refractivity contribution in [2.75, 3.05) is 0 Å². The molecule has 0 amide bonds. The summed E-state index contributed by atoms with van der Waals surface area (Å²) in [4.78, 5) is 3.81. The molecule has 1 aliphatic rings. The van der Waals surface area contributed by atoms with Crippen molar-refractivity contribution in [3.8, 4) is 0 Å². The van der Waals surface area contributed by atoms with Crippen LogP contribution >= 0.6 is 0 Å². The van der Waals surface area contributed by atoms with Crippen LogP contribution in [0.15, 0.2) is 17.3 Å². The number of aliphatic imine (C=N–C) groups is 1. The highest BCUT2D eigenvalue weighted by molar-refractivity contribution is 5.87. The summed E-state index contributed by atoms with van der Waals surface area (Å²) in [7, 11) is 0. The summed E-state index contributed by atoms with van der Waals surface area (Å²) < 4.78 is 37.4. The Morgan fingerprint density at radius 3 is 2.77 bits per heavy atom. The Morgan fingerprint density at radius 1 is 1.54 bits per heavy atom. The molecule has 0 bridgehead atoms. The van der Waals surface area contributed by atoms with E-state index in [1.807, 2.05) is 0 Å². The molecule has 1 heterocycles. The molecule has 74 valence electrons. The quantitative estimate of drug-likeness (QED) is 0.602. The first kappa shape index (κ1) is 10.3. The Labute approximate surface area is 75.4 Å². The van der Waals surface area contributed by atoms with Crippen molar-refractivity contribution in [1.82, 2.24) is 0 Å². The molecule has 0 saturated carbocycles. The Kier molecular flexibility index (Phi) is 3.12. The van der Waals surface area contributed by atoms with E-state index >= 15 is 0 Å². The number of hydrogen-bond acceptors (Lipinski definition) is 1. The molecule has 1 aliphatic heterocycles. The van der Waals surface area contributed by atoms with Crippen molar-refractivity contribution in [2.45, 2.75) is 32.4 Å². The third-order valence-corrected chi connectivity index (χ3v) is 2.13. The van der Waals surface area contributed by atoms with E-state index in [0.717, 1.165) is 0 Å². The summed E-state index contributed by atoms with van der Waals surface area (Å²) in [5.41, 5.74) is 0.251. The summed E-state index contributed by atoms with van der Waals surface area (Å²) in [6.07, 6.45) is -0.0226. The van der Waals surface area contributed by atoms with Gasteiger partial charge < -0.3 is 0 Å². The number of nitrogens with zero attached hydrogens (tertiary/aromatic N) is 1. The van der Waals surface area contributed by atoms with E-state index in [2.05, 4.69) is 4.99 Å². The Bertz CT molecular complexity index is 228. The molecule has 0 radical (unpaired) electrons. The lowest BCUT2D eigenvalue weighted by molar-refractivity contribution is -0.156. The van der Waals surface area contributed by atoms with E-state index in [0.29, 0.717) is 12.8 Å². The second kappa shape index (κ2) is 3.94. The molecule has 1 unspecified atom stereocenters. The molecule has 0 saturated heterocycles. The fraction of sp³-hybridized carbons (Fsp3) is 0.667. The average molecular weight is 191 g/mol. The van der Waals surface area contributed by atoms with Crippen molar-refractivity contribution in [1.29, 1.82) is 0 Å². The average Bonchev–Trinajstić information content (AvgIpc) is 2.26. The van der Waals surface area contributed by atoms with E-state index in [1.165, 1.54) is 6.20 Å². The summed E-state index contributed by atoms with van der Waals surface area (Å²) >= 11 is 0. The standard InChI is InChI=1S/C9H12F3N/c1-2-8-7(9(10,11)12)5-3-4-6-13-8/h4,6-7H,2-3,5H2,1H3. The minimum Gasteiger partial charge on any atom is -0.265 e. The van der Waals surface area contributed by atoms with Gasteiger partial charge in [0.05, 0.1) is 5.92 Å².